The Kier molecular flexibility index (Phi) is 5.26. The number of hydrogen-bond acceptors (Lipinski definition) is 3. The molecule has 2 amide bonds. The van der Waals surface area contributed by atoms with Crippen molar-refractivity contribution in [2.75, 3.05) is 13.1 Å². The van der Waals surface area contributed by atoms with Crippen LogP contribution in [0.1, 0.15) is 63.2 Å². The van der Waals surface area contributed by atoms with Crippen LogP contribution in [0.25, 0.3) is 0 Å². The third-order valence-electron chi connectivity index (χ3n) is 5.66. The van der Waals surface area contributed by atoms with E-state index in [2.05, 4.69) is 5.32 Å². The van der Waals surface area contributed by atoms with Gasteiger partial charge in [-0.25, -0.2) is 4.79 Å². The zero-order valence-electron chi connectivity index (χ0n) is 16.1. The highest BCUT2D eigenvalue weighted by atomic mass is 16.6. The van der Waals surface area contributed by atoms with Crippen LogP contribution in [-0.4, -0.2) is 41.6 Å². The lowest BCUT2D eigenvalue weighted by atomic mass is 9.74. The van der Waals surface area contributed by atoms with E-state index < -0.39 is 5.60 Å². The maximum atomic E-state index is 12.6. The third kappa shape index (κ3) is 4.19. The second-order valence-corrected chi connectivity index (χ2v) is 8.61. The molecule has 1 spiro atoms. The van der Waals surface area contributed by atoms with Gasteiger partial charge in [0.1, 0.15) is 5.60 Å². The molecule has 1 aromatic carbocycles. The van der Waals surface area contributed by atoms with Gasteiger partial charge >= 0.3 is 6.09 Å². The molecule has 1 aromatic rings. The SMILES string of the molecule is CC(C)(C)OC(=O)N1CCC2(CCCC2NC(=O)c2ccccc2)CC1. The molecule has 1 unspecified atom stereocenters. The highest BCUT2D eigenvalue weighted by molar-refractivity contribution is 5.94. The average molecular weight is 358 g/mol. The molecule has 1 saturated carbocycles. The van der Waals surface area contributed by atoms with Crippen molar-refractivity contribution in [3.63, 3.8) is 0 Å². The summed E-state index contributed by atoms with van der Waals surface area (Å²) in [6, 6.07) is 9.58. The molecule has 1 aliphatic carbocycles. The summed E-state index contributed by atoms with van der Waals surface area (Å²) in [6.45, 7) is 7.08. The fraction of sp³-hybridized carbons (Fsp3) is 0.619. The Hall–Kier alpha value is -2.04. The minimum atomic E-state index is -0.466. The molecule has 1 heterocycles. The first-order chi connectivity index (χ1) is 12.3. The number of hydrogen-bond donors (Lipinski definition) is 1. The number of ether oxygens (including phenoxy) is 1. The second kappa shape index (κ2) is 7.29. The molecule has 2 aliphatic rings. The van der Waals surface area contributed by atoms with E-state index in [0.717, 1.165) is 32.1 Å². The molecule has 3 rings (SSSR count). The molecule has 0 bridgehead atoms. The summed E-state index contributed by atoms with van der Waals surface area (Å²) < 4.78 is 5.49. The van der Waals surface area contributed by atoms with Crippen LogP contribution >= 0.6 is 0 Å². The van der Waals surface area contributed by atoms with Crippen LogP contribution in [0.2, 0.25) is 0 Å². The van der Waals surface area contributed by atoms with E-state index in [9.17, 15) is 9.59 Å². The highest BCUT2D eigenvalue weighted by Crippen LogP contribution is 2.46. The molecule has 1 saturated heterocycles. The van der Waals surface area contributed by atoms with Crippen LogP contribution in [0.15, 0.2) is 30.3 Å². The largest absolute Gasteiger partial charge is 0.444 e. The maximum Gasteiger partial charge on any atom is 0.410 e. The van der Waals surface area contributed by atoms with Gasteiger partial charge in [0.2, 0.25) is 0 Å². The van der Waals surface area contributed by atoms with Gasteiger partial charge in [-0.05, 0) is 64.0 Å². The van der Waals surface area contributed by atoms with Gasteiger partial charge in [0.15, 0.2) is 0 Å². The van der Waals surface area contributed by atoms with Crippen LogP contribution in [0.4, 0.5) is 4.79 Å². The van der Waals surface area contributed by atoms with E-state index >= 15 is 0 Å². The molecule has 26 heavy (non-hydrogen) atoms. The van der Waals surface area contributed by atoms with Crippen molar-refractivity contribution < 1.29 is 14.3 Å². The van der Waals surface area contributed by atoms with Crippen molar-refractivity contribution in [2.45, 2.75) is 64.5 Å². The zero-order valence-corrected chi connectivity index (χ0v) is 16.1. The predicted octanol–water partition coefficient (Wildman–Crippen LogP) is 3.99. The van der Waals surface area contributed by atoms with E-state index in [1.54, 1.807) is 0 Å². The maximum absolute atomic E-state index is 12.6. The van der Waals surface area contributed by atoms with Crippen LogP contribution < -0.4 is 5.32 Å². The molecule has 1 aliphatic heterocycles. The number of amides is 2. The van der Waals surface area contributed by atoms with Crippen LogP contribution in [-0.2, 0) is 4.74 Å². The topological polar surface area (TPSA) is 58.6 Å². The van der Waals surface area contributed by atoms with Crippen molar-refractivity contribution in [1.29, 1.82) is 0 Å². The quantitative estimate of drug-likeness (QED) is 0.870. The van der Waals surface area contributed by atoms with Gasteiger partial charge in [0.05, 0.1) is 0 Å². The number of nitrogens with one attached hydrogen (secondary N) is 1. The van der Waals surface area contributed by atoms with Gasteiger partial charge in [-0.1, -0.05) is 24.6 Å². The summed E-state index contributed by atoms with van der Waals surface area (Å²) in [6.07, 6.45) is 4.89. The Morgan fingerprint density at radius 1 is 1.12 bits per heavy atom. The average Bonchev–Trinajstić information content (AvgIpc) is 2.96. The first-order valence-corrected chi connectivity index (χ1v) is 9.63. The minimum Gasteiger partial charge on any atom is -0.444 e. The highest BCUT2D eigenvalue weighted by Gasteiger charge is 2.46. The van der Waals surface area contributed by atoms with Crippen molar-refractivity contribution in [2.24, 2.45) is 5.41 Å². The summed E-state index contributed by atoms with van der Waals surface area (Å²) in [4.78, 5) is 26.7. The number of piperidine rings is 1. The number of rotatable bonds is 2. The van der Waals surface area contributed by atoms with Gasteiger partial charge in [0, 0.05) is 24.7 Å². The Balaban J connectivity index is 1.60. The number of carbonyl (C=O) groups is 2. The molecular formula is C21H30N2O3. The summed E-state index contributed by atoms with van der Waals surface area (Å²) in [5.74, 6) is 0.00597. The van der Waals surface area contributed by atoms with Gasteiger partial charge in [-0.3, -0.25) is 4.79 Å². The third-order valence-corrected chi connectivity index (χ3v) is 5.66. The summed E-state index contributed by atoms with van der Waals surface area (Å²) in [7, 11) is 0. The van der Waals surface area contributed by atoms with Gasteiger partial charge in [0.25, 0.3) is 5.91 Å². The van der Waals surface area contributed by atoms with E-state index in [0.29, 0.717) is 18.7 Å². The Bertz CT molecular complexity index is 643. The molecule has 1 N–H and O–H groups in total. The monoisotopic (exact) mass is 358 g/mol. The van der Waals surface area contributed by atoms with Crippen molar-refractivity contribution >= 4 is 12.0 Å². The molecule has 2 fully saturated rings. The van der Waals surface area contributed by atoms with Crippen LogP contribution in [0, 0.1) is 5.41 Å². The fourth-order valence-electron chi connectivity index (χ4n) is 4.25. The van der Waals surface area contributed by atoms with Crippen LogP contribution in [0.5, 0.6) is 0 Å². The number of carbonyl (C=O) groups excluding carboxylic acids is 2. The fourth-order valence-corrected chi connectivity index (χ4v) is 4.25. The van der Waals surface area contributed by atoms with E-state index in [-0.39, 0.29) is 23.5 Å². The van der Waals surface area contributed by atoms with Crippen molar-refractivity contribution in [3.05, 3.63) is 35.9 Å². The number of benzene rings is 1. The lowest BCUT2D eigenvalue weighted by Gasteiger charge is -2.43. The number of likely N-dealkylation sites (tertiary alicyclic amines) is 1. The standard InChI is InChI=1S/C21H30N2O3/c1-20(2,3)26-19(25)23-14-12-21(13-15-23)11-7-10-17(21)22-18(24)16-8-5-4-6-9-16/h4-6,8-9,17H,7,10-15H2,1-3H3,(H,22,24). The Morgan fingerprint density at radius 2 is 1.77 bits per heavy atom. The Labute approximate surface area is 156 Å². The first-order valence-electron chi connectivity index (χ1n) is 9.63. The molecule has 5 nitrogen and oxygen atoms in total. The molecule has 0 aromatic heterocycles. The second-order valence-electron chi connectivity index (χ2n) is 8.61. The van der Waals surface area contributed by atoms with Crippen LogP contribution in [0.3, 0.4) is 0 Å². The zero-order chi connectivity index (χ0) is 18.8. The summed E-state index contributed by atoms with van der Waals surface area (Å²) in [5.41, 5.74) is 0.357. The van der Waals surface area contributed by atoms with Gasteiger partial charge in [-0.15, -0.1) is 0 Å². The van der Waals surface area contributed by atoms with E-state index in [1.807, 2.05) is 56.0 Å². The smallest absolute Gasteiger partial charge is 0.410 e. The molecule has 5 heteroatoms. The minimum absolute atomic E-state index is 0.00597. The lowest BCUT2D eigenvalue weighted by molar-refractivity contribution is 0.00716. The predicted molar refractivity (Wildman–Crippen MR) is 101 cm³/mol. The summed E-state index contributed by atoms with van der Waals surface area (Å²) >= 11 is 0. The Morgan fingerprint density at radius 3 is 2.38 bits per heavy atom. The molecule has 0 radical (unpaired) electrons. The van der Waals surface area contributed by atoms with Crippen molar-refractivity contribution in [3.8, 4) is 0 Å². The molecule has 142 valence electrons. The lowest BCUT2D eigenvalue weighted by Crippen LogP contribution is -2.52. The summed E-state index contributed by atoms with van der Waals surface area (Å²) in [5, 5.41) is 3.26. The van der Waals surface area contributed by atoms with Crippen molar-refractivity contribution in [1.82, 2.24) is 10.2 Å². The van der Waals surface area contributed by atoms with Gasteiger partial charge in [-0.2, -0.15) is 0 Å². The molecule has 1 atom stereocenters. The van der Waals surface area contributed by atoms with Gasteiger partial charge < -0.3 is 15.0 Å². The van der Waals surface area contributed by atoms with E-state index in [4.69, 9.17) is 4.74 Å². The van der Waals surface area contributed by atoms with E-state index in [1.165, 1.54) is 0 Å². The number of nitrogens with zero attached hydrogens (tertiary/aromatic N) is 1. The normalized spacial score (nSPS) is 22.3. The molecular weight excluding hydrogens is 328 g/mol. The first kappa shape index (κ1) is 18.7.